The molecule has 0 unspecified atom stereocenters. The maximum Gasteiger partial charge on any atom is 0.251 e. The number of furan rings is 1. The van der Waals surface area contributed by atoms with Crippen LogP contribution in [-0.4, -0.2) is 22.8 Å². The van der Waals surface area contributed by atoms with Gasteiger partial charge in [-0.2, -0.15) is 0 Å². The minimum Gasteiger partial charge on any atom is -0.468 e. The zero-order chi connectivity index (χ0) is 20.1. The van der Waals surface area contributed by atoms with Gasteiger partial charge in [0.2, 0.25) is 0 Å². The summed E-state index contributed by atoms with van der Waals surface area (Å²) in [4.78, 5) is 18.7. The SMILES string of the molecule is CNC(=O)c1ccc(CN(Cc2ccco2)Cc2cccc3cccnc23)cc1. The van der Waals surface area contributed by atoms with Crippen molar-refractivity contribution in [1.29, 1.82) is 0 Å². The van der Waals surface area contributed by atoms with Crippen LogP contribution in [0.5, 0.6) is 0 Å². The van der Waals surface area contributed by atoms with Gasteiger partial charge in [-0.1, -0.05) is 36.4 Å². The number of amides is 1. The third kappa shape index (κ3) is 4.52. The number of fused-ring (bicyclic) bond motifs is 1. The van der Waals surface area contributed by atoms with Gasteiger partial charge >= 0.3 is 0 Å². The first-order valence-electron chi connectivity index (χ1n) is 9.61. The molecule has 1 amide bonds. The molecule has 0 saturated heterocycles. The van der Waals surface area contributed by atoms with Crippen LogP contribution in [0.15, 0.2) is 83.6 Å². The summed E-state index contributed by atoms with van der Waals surface area (Å²) >= 11 is 0. The molecule has 0 aliphatic heterocycles. The van der Waals surface area contributed by atoms with Crippen molar-refractivity contribution < 1.29 is 9.21 Å². The highest BCUT2D eigenvalue weighted by Crippen LogP contribution is 2.20. The molecule has 0 atom stereocenters. The van der Waals surface area contributed by atoms with Crippen LogP contribution < -0.4 is 5.32 Å². The highest BCUT2D eigenvalue weighted by atomic mass is 16.3. The minimum atomic E-state index is -0.0779. The highest BCUT2D eigenvalue weighted by molar-refractivity contribution is 5.93. The van der Waals surface area contributed by atoms with Crippen LogP contribution in [0.3, 0.4) is 0 Å². The number of nitrogens with one attached hydrogen (secondary N) is 1. The summed E-state index contributed by atoms with van der Waals surface area (Å²) < 4.78 is 5.58. The first kappa shape index (κ1) is 18.9. The summed E-state index contributed by atoms with van der Waals surface area (Å²) in [6, 6.07) is 21.9. The number of carbonyl (C=O) groups is 1. The van der Waals surface area contributed by atoms with E-state index in [1.165, 1.54) is 5.56 Å². The average molecular weight is 385 g/mol. The predicted octanol–water partition coefficient (Wildman–Crippen LogP) is 4.39. The van der Waals surface area contributed by atoms with E-state index in [9.17, 15) is 4.79 Å². The highest BCUT2D eigenvalue weighted by Gasteiger charge is 2.13. The van der Waals surface area contributed by atoms with E-state index >= 15 is 0 Å². The zero-order valence-corrected chi connectivity index (χ0v) is 16.3. The lowest BCUT2D eigenvalue weighted by Gasteiger charge is -2.22. The lowest BCUT2D eigenvalue weighted by molar-refractivity contribution is 0.0963. The van der Waals surface area contributed by atoms with Gasteiger partial charge in [-0.15, -0.1) is 0 Å². The quantitative estimate of drug-likeness (QED) is 0.513. The van der Waals surface area contributed by atoms with Crippen molar-refractivity contribution in [2.24, 2.45) is 0 Å². The third-order valence-electron chi connectivity index (χ3n) is 4.92. The molecule has 1 N–H and O–H groups in total. The summed E-state index contributed by atoms with van der Waals surface area (Å²) in [5.41, 5.74) is 4.00. The Morgan fingerprint density at radius 3 is 2.55 bits per heavy atom. The van der Waals surface area contributed by atoms with E-state index in [0.717, 1.165) is 35.3 Å². The van der Waals surface area contributed by atoms with Crippen molar-refractivity contribution in [3.63, 3.8) is 0 Å². The first-order valence-corrected chi connectivity index (χ1v) is 9.61. The molecular weight excluding hydrogens is 362 g/mol. The molecule has 5 nitrogen and oxygen atoms in total. The monoisotopic (exact) mass is 385 g/mol. The van der Waals surface area contributed by atoms with Gasteiger partial charge in [0, 0.05) is 37.3 Å². The van der Waals surface area contributed by atoms with Gasteiger partial charge < -0.3 is 9.73 Å². The Bertz CT molecular complexity index is 1080. The molecule has 0 radical (unpaired) electrons. The maximum absolute atomic E-state index is 11.8. The maximum atomic E-state index is 11.8. The predicted molar refractivity (Wildman–Crippen MR) is 113 cm³/mol. The molecule has 2 aromatic carbocycles. The van der Waals surface area contributed by atoms with Crippen molar-refractivity contribution in [2.75, 3.05) is 7.05 Å². The lowest BCUT2D eigenvalue weighted by atomic mass is 10.1. The van der Waals surface area contributed by atoms with Crippen LogP contribution in [-0.2, 0) is 19.6 Å². The molecule has 0 saturated carbocycles. The number of aromatic nitrogens is 1. The fourth-order valence-electron chi connectivity index (χ4n) is 3.49. The number of hydrogen-bond acceptors (Lipinski definition) is 4. The summed E-state index contributed by atoms with van der Waals surface area (Å²) in [5.74, 6) is 0.839. The summed E-state index contributed by atoms with van der Waals surface area (Å²) in [6.07, 6.45) is 3.53. The van der Waals surface area contributed by atoms with Crippen LogP contribution in [0.2, 0.25) is 0 Å². The Labute approximate surface area is 170 Å². The number of carbonyl (C=O) groups excluding carboxylic acids is 1. The number of para-hydroxylation sites is 1. The van der Waals surface area contributed by atoms with Crippen LogP contribution in [0.1, 0.15) is 27.2 Å². The van der Waals surface area contributed by atoms with Gasteiger partial charge in [0.1, 0.15) is 5.76 Å². The van der Waals surface area contributed by atoms with Gasteiger partial charge in [0.05, 0.1) is 18.3 Å². The standard InChI is InChI=1S/C24H23N3O2/c1-25-24(28)20-11-9-18(10-12-20)15-27(17-22-8-4-14-29-22)16-21-6-2-5-19-7-3-13-26-23(19)21/h2-14H,15-17H2,1H3,(H,25,28). The Hall–Kier alpha value is -3.44. The lowest BCUT2D eigenvalue weighted by Crippen LogP contribution is -2.22. The summed E-state index contributed by atoms with van der Waals surface area (Å²) in [5, 5.41) is 3.79. The molecule has 29 heavy (non-hydrogen) atoms. The van der Waals surface area contributed by atoms with E-state index in [1.54, 1.807) is 13.3 Å². The van der Waals surface area contributed by atoms with Crippen LogP contribution in [0.25, 0.3) is 10.9 Å². The van der Waals surface area contributed by atoms with Gasteiger partial charge in [0.15, 0.2) is 0 Å². The van der Waals surface area contributed by atoms with E-state index in [-0.39, 0.29) is 5.91 Å². The van der Waals surface area contributed by atoms with E-state index in [1.807, 2.05) is 48.7 Å². The third-order valence-corrected chi connectivity index (χ3v) is 4.92. The van der Waals surface area contributed by atoms with Gasteiger partial charge in [-0.05, 0) is 41.5 Å². The van der Waals surface area contributed by atoms with E-state index in [4.69, 9.17) is 4.42 Å². The Balaban J connectivity index is 1.58. The van der Waals surface area contributed by atoms with E-state index in [0.29, 0.717) is 12.1 Å². The number of rotatable bonds is 7. The number of nitrogens with zero attached hydrogens (tertiary/aromatic N) is 2. The molecule has 4 rings (SSSR count). The molecule has 4 aromatic rings. The van der Waals surface area contributed by atoms with Crippen molar-refractivity contribution in [3.8, 4) is 0 Å². The number of pyridine rings is 1. The smallest absolute Gasteiger partial charge is 0.251 e. The van der Waals surface area contributed by atoms with Gasteiger partial charge in [-0.25, -0.2) is 0 Å². The summed E-state index contributed by atoms with van der Waals surface area (Å²) in [7, 11) is 1.64. The van der Waals surface area contributed by atoms with Gasteiger partial charge in [0.25, 0.3) is 5.91 Å². The van der Waals surface area contributed by atoms with E-state index in [2.05, 4.69) is 39.5 Å². The first-order chi connectivity index (χ1) is 14.2. The normalized spacial score (nSPS) is 11.1. The summed E-state index contributed by atoms with van der Waals surface area (Å²) in [6.45, 7) is 2.16. The largest absolute Gasteiger partial charge is 0.468 e. The zero-order valence-electron chi connectivity index (χ0n) is 16.3. The molecule has 2 heterocycles. The molecule has 5 heteroatoms. The number of benzene rings is 2. The van der Waals surface area contributed by atoms with E-state index < -0.39 is 0 Å². The van der Waals surface area contributed by atoms with Crippen molar-refractivity contribution in [1.82, 2.24) is 15.2 Å². The molecule has 0 bridgehead atoms. The fourth-order valence-corrected chi connectivity index (χ4v) is 3.49. The molecule has 0 fully saturated rings. The van der Waals surface area contributed by atoms with Crippen LogP contribution >= 0.6 is 0 Å². The van der Waals surface area contributed by atoms with Crippen LogP contribution in [0, 0.1) is 0 Å². The van der Waals surface area contributed by atoms with Gasteiger partial charge in [-0.3, -0.25) is 14.7 Å². The average Bonchev–Trinajstić information content (AvgIpc) is 3.27. The Kier molecular flexibility index (Phi) is 5.68. The molecule has 0 aliphatic rings. The van der Waals surface area contributed by atoms with Crippen molar-refractivity contribution in [3.05, 3.63) is 102 Å². The molecule has 0 aliphatic carbocycles. The molecule has 146 valence electrons. The number of hydrogen-bond donors (Lipinski definition) is 1. The Morgan fingerprint density at radius 2 is 1.79 bits per heavy atom. The second kappa shape index (κ2) is 8.71. The fraction of sp³-hybridized carbons (Fsp3) is 0.167. The molecule has 0 spiro atoms. The Morgan fingerprint density at radius 1 is 0.966 bits per heavy atom. The van der Waals surface area contributed by atoms with Crippen LogP contribution in [0.4, 0.5) is 0 Å². The second-order valence-corrected chi connectivity index (χ2v) is 6.99. The minimum absolute atomic E-state index is 0.0779. The second-order valence-electron chi connectivity index (χ2n) is 6.99. The molecule has 2 aromatic heterocycles. The van der Waals surface area contributed by atoms with Crippen molar-refractivity contribution in [2.45, 2.75) is 19.6 Å². The molecular formula is C24H23N3O2. The van der Waals surface area contributed by atoms with Crippen molar-refractivity contribution >= 4 is 16.8 Å². The topological polar surface area (TPSA) is 58.4 Å².